The third-order valence-corrected chi connectivity index (χ3v) is 2.42. The molecule has 1 heterocycles. The highest BCUT2D eigenvalue weighted by Gasteiger charge is 2.10. The molecule has 1 aliphatic rings. The highest BCUT2D eigenvalue weighted by atomic mass is 32.1. The van der Waals surface area contributed by atoms with Crippen molar-refractivity contribution in [2.24, 2.45) is 0 Å². The van der Waals surface area contributed by atoms with Crippen LogP contribution >= 0.6 is 11.3 Å². The van der Waals surface area contributed by atoms with Gasteiger partial charge < -0.3 is 0 Å². The van der Waals surface area contributed by atoms with Crippen molar-refractivity contribution in [1.29, 1.82) is 0 Å². The molecular formula is C7H7NS. The number of aryl methyl sites for hydroxylation is 1. The van der Waals surface area contributed by atoms with E-state index >= 15 is 0 Å². The molecule has 1 aromatic heterocycles. The zero-order valence-electron chi connectivity index (χ0n) is 5.05. The summed E-state index contributed by atoms with van der Waals surface area (Å²) in [5, 5.41) is 0. The van der Waals surface area contributed by atoms with E-state index in [0.717, 1.165) is 19.3 Å². The first-order chi connectivity index (χ1) is 4.47. The number of nitrogens with zero attached hydrogens (tertiary/aromatic N) is 1. The molecule has 0 amide bonds. The number of aromatic nitrogens is 1. The quantitative estimate of drug-likeness (QED) is 0.530. The van der Waals surface area contributed by atoms with E-state index in [1.165, 1.54) is 10.6 Å². The molecule has 0 aromatic carbocycles. The molecule has 0 spiro atoms. The second-order valence-electron chi connectivity index (χ2n) is 2.15. The Morgan fingerprint density at radius 3 is 3.56 bits per heavy atom. The van der Waals surface area contributed by atoms with Crippen molar-refractivity contribution in [3.63, 3.8) is 0 Å². The van der Waals surface area contributed by atoms with E-state index in [1.807, 2.05) is 5.51 Å². The zero-order valence-corrected chi connectivity index (χ0v) is 5.87. The van der Waals surface area contributed by atoms with Gasteiger partial charge in [0.25, 0.3) is 0 Å². The minimum absolute atomic E-state index is 1.03. The lowest BCUT2D eigenvalue weighted by Gasteiger charge is -2.06. The van der Waals surface area contributed by atoms with E-state index in [9.17, 15) is 0 Å². The fraction of sp³-hybridized carbons (Fsp3) is 0.429. The van der Waals surface area contributed by atoms with Crippen LogP contribution in [0.15, 0.2) is 5.51 Å². The van der Waals surface area contributed by atoms with E-state index in [-0.39, 0.29) is 0 Å². The number of fused-ring (bicyclic) bond motifs is 1. The fourth-order valence-electron chi connectivity index (χ4n) is 1.05. The van der Waals surface area contributed by atoms with Gasteiger partial charge >= 0.3 is 0 Å². The number of thiazole rings is 1. The monoisotopic (exact) mass is 137 g/mol. The predicted molar refractivity (Wildman–Crippen MR) is 37.4 cm³/mol. The van der Waals surface area contributed by atoms with Crippen molar-refractivity contribution in [1.82, 2.24) is 4.98 Å². The number of hydrogen-bond acceptors (Lipinski definition) is 2. The van der Waals surface area contributed by atoms with Gasteiger partial charge in [0, 0.05) is 4.88 Å². The van der Waals surface area contributed by atoms with Crippen LogP contribution in [0.25, 0.3) is 0 Å². The second-order valence-corrected chi connectivity index (χ2v) is 3.09. The summed E-state index contributed by atoms with van der Waals surface area (Å²) in [4.78, 5) is 5.65. The van der Waals surface area contributed by atoms with Gasteiger partial charge in [0.2, 0.25) is 0 Å². The molecule has 1 aliphatic carbocycles. The van der Waals surface area contributed by atoms with Gasteiger partial charge in [-0.3, -0.25) is 0 Å². The van der Waals surface area contributed by atoms with E-state index in [0.29, 0.717) is 0 Å². The summed E-state index contributed by atoms with van der Waals surface area (Å²) in [5.41, 5.74) is 3.23. The van der Waals surface area contributed by atoms with Crippen molar-refractivity contribution >= 4 is 11.3 Å². The highest BCUT2D eigenvalue weighted by Crippen LogP contribution is 2.22. The maximum atomic E-state index is 4.24. The van der Waals surface area contributed by atoms with Crippen molar-refractivity contribution in [2.75, 3.05) is 0 Å². The molecule has 2 radical (unpaired) electrons. The molecule has 0 unspecified atom stereocenters. The fourth-order valence-corrected chi connectivity index (χ4v) is 1.83. The molecule has 9 heavy (non-hydrogen) atoms. The Hall–Kier alpha value is -0.370. The van der Waals surface area contributed by atoms with Gasteiger partial charge in [0.1, 0.15) is 0 Å². The van der Waals surface area contributed by atoms with Crippen LogP contribution in [0, 0.1) is 6.42 Å². The molecule has 0 bridgehead atoms. The Labute approximate surface area is 58.7 Å². The number of rotatable bonds is 0. The molecular weight excluding hydrogens is 130 g/mol. The topological polar surface area (TPSA) is 12.9 Å². The third-order valence-electron chi connectivity index (χ3n) is 1.55. The lowest BCUT2D eigenvalue weighted by atomic mass is 10.0. The molecule has 46 valence electrons. The first-order valence-electron chi connectivity index (χ1n) is 3.09. The van der Waals surface area contributed by atoms with Gasteiger partial charge in [-0.05, 0) is 25.7 Å². The van der Waals surface area contributed by atoms with Crippen LogP contribution < -0.4 is 0 Å². The maximum Gasteiger partial charge on any atom is 0.0797 e. The molecule has 0 fully saturated rings. The summed E-state index contributed by atoms with van der Waals surface area (Å²) in [6, 6.07) is 0. The largest absolute Gasteiger partial charge is 0.249 e. The summed E-state index contributed by atoms with van der Waals surface area (Å²) in [6.07, 6.45) is 6.53. The first kappa shape index (κ1) is 5.42. The van der Waals surface area contributed by atoms with Gasteiger partial charge in [-0.1, -0.05) is 0 Å². The highest BCUT2D eigenvalue weighted by molar-refractivity contribution is 7.09. The third kappa shape index (κ3) is 0.874. The van der Waals surface area contributed by atoms with E-state index in [1.54, 1.807) is 11.3 Å². The van der Waals surface area contributed by atoms with E-state index in [2.05, 4.69) is 11.4 Å². The van der Waals surface area contributed by atoms with Gasteiger partial charge in [-0.2, -0.15) is 0 Å². The van der Waals surface area contributed by atoms with Crippen LogP contribution in [0.1, 0.15) is 17.0 Å². The molecule has 0 aliphatic heterocycles. The standard InChI is InChI=1S/C7H7NS/c1-2-4-7-6(3-1)8-5-9-7/h5H,1,3-4H2. The van der Waals surface area contributed by atoms with Crippen LogP contribution in [-0.2, 0) is 12.8 Å². The Balaban J connectivity index is 2.39. The molecule has 2 rings (SSSR count). The Bertz CT molecular complexity index is 184. The minimum atomic E-state index is 1.03. The summed E-state index contributed by atoms with van der Waals surface area (Å²) < 4.78 is 0. The van der Waals surface area contributed by atoms with Gasteiger partial charge in [0.15, 0.2) is 0 Å². The van der Waals surface area contributed by atoms with Crippen LogP contribution in [0.2, 0.25) is 0 Å². The molecule has 0 N–H and O–H groups in total. The summed E-state index contributed by atoms with van der Waals surface area (Å²) in [7, 11) is 0. The van der Waals surface area contributed by atoms with Gasteiger partial charge in [0.05, 0.1) is 11.2 Å². The molecule has 2 heteroatoms. The van der Waals surface area contributed by atoms with Crippen LogP contribution in [0.4, 0.5) is 0 Å². The Kier molecular flexibility index (Phi) is 1.27. The van der Waals surface area contributed by atoms with Crippen molar-refractivity contribution < 1.29 is 0 Å². The first-order valence-corrected chi connectivity index (χ1v) is 3.97. The summed E-state index contributed by atoms with van der Waals surface area (Å²) in [5.74, 6) is 0. The lowest BCUT2D eigenvalue weighted by molar-refractivity contribution is 0.817. The lowest BCUT2D eigenvalue weighted by Crippen LogP contribution is -1.99. The Morgan fingerprint density at radius 1 is 1.67 bits per heavy atom. The Morgan fingerprint density at radius 2 is 2.67 bits per heavy atom. The zero-order chi connectivity index (χ0) is 6.10. The normalized spacial score (nSPS) is 17.3. The molecule has 0 saturated heterocycles. The molecule has 0 atom stereocenters. The summed E-state index contributed by atoms with van der Waals surface area (Å²) in [6.45, 7) is 0. The summed E-state index contributed by atoms with van der Waals surface area (Å²) >= 11 is 1.75. The van der Waals surface area contributed by atoms with Crippen molar-refractivity contribution in [3.05, 3.63) is 22.5 Å². The smallest absolute Gasteiger partial charge is 0.0797 e. The molecule has 0 saturated carbocycles. The van der Waals surface area contributed by atoms with Crippen molar-refractivity contribution in [2.45, 2.75) is 19.3 Å². The molecule has 1 nitrogen and oxygen atoms in total. The second kappa shape index (κ2) is 2.10. The van der Waals surface area contributed by atoms with Crippen molar-refractivity contribution in [3.8, 4) is 0 Å². The van der Waals surface area contributed by atoms with E-state index in [4.69, 9.17) is 0 Å². The average molecular weight is 137 g/mol. The number of hydrogen-bond donors (Lipinski definition) is 0. The molecule has 1 aromatic rings. The predicted octanol–water partition coefficient (Wildman–Crippen LogP) is 1.71. The van der Waals surface area contributed by atoms with Crippen LogP contribution in [0.5, 0.6) is 0 Å². The minimum Gasteiger partial charge on any atom is -0.249 e. The van der Waals surface area contributed by atoms with Gasteiger partial charge in [-0.25, -0.2) is 4.98 Å². The van der Waals surface area contributed by atoms with Crippen LogP contribution in [-0.4, -0.2) is 4.98 Å². The average Bonchev–Trinajstić information content (AvgIpc) is 2.33. The van der Waals surface area contributed by atoms with Crippen LogP contribution in [0.3, 0.4) is 0 Å². The van der Waals surface area contributed by atoms with Gasteiger partial charge in [-0.15, -0.1) is 11.3 Å². The maximum absolute atomic E-state index is 4.24. The van der Waals surface area contributed by atoms with E-state index < -0.39 is 0 Å². The SMILES string of the molecule is [C]1CCc2ncsc2C1.